The minimum atomic E-state index is 0.774. The molecule has 0 saturated carbocycles. The summed E-state index contributed by atoms with van der Waals surface area (Å²) in [5, 5.41) is 0. The van der Waals surface area contributed by atoms with Crippen LogP contribution in [-0.4, -0.2) is 34.6 Å². The van der Waals surface area contributed by atoms with Crippen LogP contribution in [0.2, 0.25) is 0 Å². The van der Waals surface area contributed by atoms with Gasteiger partial charge in [0.2, 0.25) is 0 Å². The summed E-state index contributed by atoms with van der Waals surface area (Å²) in [5.41, 5.74) is 8.76. The number of aromatic nitrogens is 2. The second-order valence-corrected chi connectivity index (χ2v) is 5.39. The molecule has 0 amide bonds. The van der Waals surface area contributed by atoms with E-state index in [9.17, 15) is 0 Å². The number of piperidine rings is 1. The first-order valence-corrected chi connectivity index (χ1v) is 6.61. The van der Waals surface area contributed by atoms with E-state index in [1.807, 2.05) is 18.5 Å². The van der Waals surface area contributed by atoms with Gasteiger partial charge in [-0.05, 0) is 57.1 Å². The molecule has 2 N–H and O–H groups in total. The van der Waals surface area contributed by atoms with Crippen LogP contribution >= 0.6 is 0 Å². The fourth-order valence-electron chi connectivity index (χ4n) is 2.75. The van der Waals surface area contributed by atoms with Crippen LogP contribution in [0.3, 0.4) is 0 Å². The van der Waals surface area contributed by atoms with E-state index in [-0.39, 0.29) is 0 Å². The molecule has 4 nitrogen and oxygen atoms in total. The summed E-state index contributed by atoms with van der Waals surface area (Å²) in [5.74, 6) is 0.774. The third-order valence-corrected chi connectivity index (χ3v) is 3.94. The zero-order valence-electron chi connectivity index (χ0n) is 10.8. The number of nitrogen functional groups attached to an aromatic ring is 1. The molecule has 0 atom stereocenters. The highest BCUT2D eigenvalue weighted by Gasteiger charge is 2.17. The molecule has 0 unspecified atom stereocenters. The number of nitrogens with two attached hydrogens (primary N) is 1. The van der Waals surface area contributed by atoms with Crippen molar-refractivity contribution in [1.82, 2.24) is 14.5 Å². The largest absolute Gasteiger partial charge is 0.399 e. The van der Waals surface area contributed by atoms with Crippen molar-refractivity contribution in [3.8, 4) is 0 Å². The Morgan fingerprint density at radius 2 is 2.11 bits per heavy atom. The maximum absolute atomic E-state index is 5.78. The Hall–Kier alpha value is -1.55. The van der Waals surface area contributed by atoms with Crippen molar-refractivity contribution >= 4 is 16.7 Å². The van der Waals surface area contributed by atoms with Gasteiger partial charge < -0.3 is 15.2 Å². The molecule has 1 aromatic heterocycles. The SMILES string of the molecule is CN1CCC(Cn2cnc3cc(N)ccc32)CC1. The van der Waals surface area contributed by atoms with Crippen LogP contribution < -0.4 is 5.73 Å². The molecule has 1 aliphatic rings. The normalized spacial score (nSPS) is 18.5. The number of fused-ring (bicyclic) bond motifs is 1. The lowest BCUT2D eigenvalue weighted by Gasteiger charge is -2.29. The van der Waals surface area contributed by atoms with Crippen LogP contribution in [-0.2, 0) is 6.54 Å². The number of nitrogens with zero attached hydrogens (tertiary/aromatic N) is 3. The van der Waals surface area contributed by atoms with Gasteiger partial charge in [0.1, 0.15) is 0 Å². The van der Waals surface area contributed by atoms with E-state index in [2.05, 4.69) is 27.6 Å². The lowest BCUT2D eigenvalue weighted by molar-refractivity contribution is 0.206. The highest BCUT2D eigenvalue weighted by atomic mass is 15.1. The summed E-state index contributed by atoms with van der Waals surface area (Å²) < 4.78 is 2.27. The van der Waals surface area contributed by atoms with E-state index in [1.165, 1.54) is 31.4 Å². The fourth-order valence-corrected chi connectivity index (χ4v) is 2.75. The molecule has 0 aliphatic carbocycles. The molecule has 96 valence electrons. The van der Waals surface area contributed by atoms with Crippen LogP contribution in [0.4, 0.5) is 5.69 Å². The monoisotopic (exact) mass is 244 g/mol. The predicted molar refractivity (Wildman–Crippen MR) is 74.4 cm³/mol. The Bertz CT molecular complexity index is 538. The number of hydrogen-bond acceptors (Lipinski definition) is 3. The van der Waals surface area contributed by atoms with Crippen molar-refractivity contribution in [3.63, 3.8) is 0 Å². The molecular weight excluding hydrogens is 224 g/mol. The molecule has 0 radical (unpaired) electrons. The van der Waals surface area contributed by atoms with Crippen LogP contribution in [0.5, 0.6) is 0 Å². The number of anilines is 1. The van der Waals surface area contributed by atoms with E-state index in [4.69, 9.17) is 5.73 Å². The Morgan fingerprint density at radius 1 is 1.33 bits per heavy atom. The molecule has 1 fully saturated rings. The van der Waals surface area contributed by atoms with Crippen molar-refractivity contribution in [2.75, 3.05) is 25.9 Å². The van der Waals surface area contributed by atoms with Gasteiger partial charge in [-0.25, -0.2) is 4.98 Å². The maximum atomic E-state index is 5.78. The number of benzene rings is 1. The maximum Gasteiger partial charge on any atom is 0.0958 e. The summed E-state index contributed by atoms with van der Waals surface area (Å²) in [4.78, 5) is 6.84. The number of imidazole rings is 1. The summed E-state index contributed by atoms with van der Waals surface area (Å²) in [7, 11) is 2.20. The molecule has 1 aromatic carbocycles. The average molecular weight is 244 g/mol. The first-order chi connectivity index (χ1) is 8.72. The van der Waals surface area contributed by atoms with Gasteiger partial charge in [-0.15, -0.1) is 0 Å². The Kier molecular flexibility index (Phi) is 2.96. The number of likely N-dealkylation sites (tertiary alicyclic amines) is 1. The zero-order chi connectivity index (χ0) is 12.5. The smallest absolute Gasteiger partial charge is 0.0958 e. The van der Waals surface area contributed by atoms with Crippen molar-refractivity contribution in [2.45, 2.75) is 19.4 Å². The van der Waals surface area contributed by atoms with Crippen LogP contribution in [0.1, 0.15) is 12.8 Å². The molecule has 2 aromatic rings. The Balaban J connectivity index is 1.78. The lowest BCUT2D eigenvalue weighted by atomic mass is 9.97. The first-order valence-electron chi connectivity index (χ1n) is 6.61. The van der Waals surface area contributed by atoms with Crippen LogP contribution in [0, 0.1) is 5.92 Å². The summed E-state index contributed by atoms with van der Waals surface area (Å²) in [6.07, 6.45) is 4.51. The molecule has 1 saturated heterocycles. The molecule has 2 heterocycles. The van der Waals surface area contributed by atoms with E-state index in [1.54, 1.807) is 0 Å². The third kappa shape index (κ3) is 2.20. The van der Waals surface area contributed by atoms with Gasteiger partial charge in [0.05, 0.1) is 17.4 Å². The van der Waals surface area contributed by atoms with Crippen molar-refractivity contribution in [2.24, 2.45) is 5.92 Å². The fraction of sp³-hybridized carbons (Fsp3) is 0.500. The van der Waals surface area contributed by atoms with Gasteiger partial charge >= 0.3 is 0 Å². The zero-order valence-corrected chi connectivity index (χ0v) is 10.8. The summed E-state index contributed by atoms with van der Waals surface area (Å²) >= 11 is 0. The van der Waals surface area contributed by atoms with E-state index in [0.717, 1.165) is 23.7 Å². The topological polar surface area (TPSA) is 47.1 Å². The van der Waals surface area contributed by atoms with E-state index < -0.39 is 0 Å². The summed E-state index contributed by atoms with van der Waals surface area (Å²) in [6.45, 7) is 3.50. The Labute approximate surface area is 107 Å². The highest BCUT2D eigenvalue weighted by Crippen LogP contribution is 2.22. The van der Waals surface area contributed by atoms with Gasteiger partial charge in [-0.1, -0.05) is 0 Å². The number of rotatable bonds is 2. The minimum absolute atomic E-state index is 0.774. The lowest BCUT2D eigenvalue weighted by Crippen LogP contribution is -2.31. The van der Waals surface area contributed by atoms with Gasteiger partial charge in [0.15, 0.2) is 0 Å². The van der Waals surface area contributed by atoms with Crippen molar-refractivity contribution in [3.05, 3.63) is 24.5 Å². The molecule has 1 aliphatic heterocycles. The molecular formula is C14H20N4. The summed E-state index contributed by atoms with van der Waals surface area (Å²) in [6, 6.07) is 5.97. The average Bonchev–Trinajstić information content (AvgIpc) is 2.74. The second-order valence-electron chi connectivity index (χ2n) is 5.39. The minimum Gasteiger partial charge on any atom is -0.399 e. The third-order valence-electron chi connectivity index (χ3n) is 3.94. The first kappa shape index (κ1) is 11.5. The second kappa shape index (κ2) is 4.61. The van der Waals surface area contributed by atoms with Crippen LogP contribution in [0.15, 0.2) is 24.5 Å². The van der Waals surface area contributed by atoms with E-state index in [0.29, 0.717) is 0 Å². The molecule has 0 bridgehead atoms. The Morgan fingerprint density at radius 3 is 2.89 bits per heavy atom. The van der Waals surface area contributed by atoms with Crippen molar-refractivity contribution < 1.29 is 0 Å². The van der Waals surface area contributed by atoms with Gasteiger partial charge in [0, 0.05) is 12.2 Å². The molecule has 3 rings (SSSR count). The van der Waals surface area contributed by atoms with Gasteiger partial charge in [-0.2, -0.15) is 0 Å². The quantitative estimate of drug-likeness (QED) is 0.821. The van der Waals surface area contributed by atoms with Gasteiger partial charge in [0.25, 0.3) is 0 Å². The van der Waals surface area contributed by atoms with Crippen molar-refractivity contribution in [1.29, 1.82) is 0 Å². The molecule has 18 heavy (non-hydrogen) atoms. The standard InChI is InChI=1S/C14H20N4/c1-17-6-4-11(5-7-17)9-18-10-16-13-8-12(15)2-3-14(13)18/h2-3,8,10-11H,4-7,9,15H2,1H3. The van der Waals surface area contributed by atoms with Crippen LogP contribution in [0.25, 0.3) is 11.0 Å². The molecule has 0 spiro atoms. The predicted octanol–water partition coefficient (Wildman–Crippen LogP) is 1.96. The molecule has 4 heteroatoms. The number of hydrogen-bond donors (Lipinski definition) is 1. The van der Waals surface area contributed by atoms with E-state index >= 15 is 0 Å². The highest BCUT2D eigenvalue weighted by molar-refractivity contribution is 5.78. The van der Waals surface area contributed by atoms with Gasteiger partial charge in [-0.3, -0.25) is 0 Å².